The second kappa shape index (κ2) is 4.98. The van der Waals surface area contributed by atoms with E-state index in [-0.39, 0.29) is 11.9 Å². The van der Waals surface area contributed by atoms with Crippen LogP contribution in [-0.4, -0.2) is 31.6 Å². The van der Waals surface area contributed by atoms with Crippen LogP contribution in [0.1, 0.15) is 24.3 Å². The molecular formula is C14H18N2O2. The van der Waals surface area contributed by atoms with E-state index in [2.05, 4.69) is 16.7 Å². The molecule has 3 rings (SSSR count). The van der Waals surface area contributed by atoms with Gasteiger partial charge in [0.05, 0.1) is 12.6 Å². The van der Waals surface area contributed by atoms with E-state index in [0.717, 1.165) is 31.7 Å². The summed E-state index contributed by atoms with van der Waals surface area (Å²) in [6.45, 7) is 2.32. The van der Waals surface area contributed by atoms with Crippen molar-refractivity contribution in [2.45, 2.75) is 24.8 Å². The molecule has 96 valence electrons. The number of carbonyl (C=O) groups is 1. The minimum Gasteiger partial charge on any atom is -0.493 e. The predicted octanol–water partition coefficient (Wildman–Crippen LogP) is 1.03. The van der Waals surface area contributed by atoms with Gasteiger partial charge in [-0.05, 0) is 18.9 Å². The third kappa shape index (κ3) is 2.20. The van der Waals surface area contributed by atoms with Crippen molar-refractivity contribution in [2.75, 3.05) is 19.7 Å². The van der Waals surface area contributed by atoms with Crippen molar-refractivity contribution < 1.29 is 9.53 Å². The molecular weight excluding hydrogens is 228 g/mol. The highest BCUT2D eigenvalue weighted by Crippen LogP contribution is 2.32. The summed E-state index contributed by atoms with van der Waals surface area (Å²) in [6, 6.07) is 8.10. The van der Waals surface area contributed by atoms with Crippen LogP contribution in [0.2, 0.25) is 0 Å². The van der Waals surface area contributed by atoms with Crippen LogP contribution in [0.15, 0.2) is 24.3 Å². The smallest absolute Gasteiger partial charge is 0.237 e. The van der Waals surface area contributed by atoms with Gasteiger partial charge in [0.2, 0.25) is 5.91 Å². The lowest BCUT2D eigenvalue weighted by atomic mass is 10.00. The van der Waals surface area contributed by atoms with Gasteiger partial charge in [0.25, 0.3) is 0 Å². The lowest BCUT2D eigenvalue weighted by Crippen LogP contribution is -2.49. The Morgan fingerprint density at radius 3 is 3.17 bits per heavy atom. The fourth-order valence-corrected chi connectivity index (χ4v) is 2.65. The molecule has 0 aliphatic carbocycles. The van der Waals surface area contributed by atoms with E-state index in [0.29, 0.717) is 12.5 Å². The topological polar surface area (TPSA) is 50.4 Å². The Morgan fingerprint density at radius 1 is 1.39 bits per heavy atom. The van der Waals surface area contributed by atoms with Crippen molar-refractivity contribution in [3.05, 3.63) is 29.8 Å². The Hall–Kier alpha value is -1.55. The average Bonchev–Trinajstić information content (AvgIpc) is 2.81. The van der Waals surface area contributed by atoms with E-state index in [1.807, 2.05) is 18.2 Å². The zero-order chi connectivity index (χ0) is 12.4. The highest BCUT2D eigenvalue weighted by atomic mass is 16.5. The van der Waals surface area contributed by atoms with E-state index in [4.69, 9.17) is 4.74 Å². The monoisotopic (exact) mass is 246 g/mol. The molecule has 1 fully saturated rings. The summed E-state index contributed by atoms with van der Waals surface area (Å²) in [5, 5.41) is 6.26. The van der Waals surface area contributed by atoms with E-state index in [9.17, 15) is 4.79 Å². The normalized spacial score (nSPS) is 26.3. The number of benzene rings is 1. The summed E-state index contributed by atoms with van der Waals surface area (Å²) in [5.41, 5.74) is 1.25. The molecule has 0 saturated carbocycles. The van der Waals surface area contributed by atoms with Gasteiger partial charge in [-0.2, -0.15) is 0 Å². The molecule has 1 aromatic carbocycles. The number of nitrogens with one attached hydrogen (secondary N) is 2. The quantitative estimate of drug-likeness (QED) is 0.837. The first kappa shape index (κ1) is 11.5. The lowest BCUT2D eigenvalue weighted by Gasteiger charge is -2.24. The number of para-hydroxylation sites is 1. The van der Waals surface area contributed by atoms with Crippen LogP contribution in [0, 0.1) is 0 Å². The van der Waals surface area contributed by atoms with Gasteiger partial charge in [0.1, 0.15) is 5.75 Å². The van der Waals surface area contributed by atoms with Crippen molar-refractivity contribution in [3.8, 4) is 5.75 Å². The van der Waals surface area contributed by atoms with Crippen LogP contribution in [0.5, 0.6) is 5.75 Å². The number of piperidine rings is 1. The summed E-state index contributed by atoms with van der Waals surface area (Å²) in [4.78, 5) is 11.6. The molecule has 2 heterocycles. The van der Waals surface area contributed by atoms with E-state index in [1.54, 1.807) is 0 Å². The van der Waals surface area contributed by atoms with Gasteiger partial charge in [-0.1, -0.05) is 18.2 Å². The van der Waals surface area contributed by atoms with Gasteiger partial charge in [-0.25, -0.2) is 0 Å². The first-order chi connectivity index (χ1) is 8.84. The SMILES string of the molecule is O=C1NCCCC1NCC1COc2ccccc21. The van der Waals surface area contributed by atoms with Gasteiger partial charge < -0.3 is 15.4 Å². The molecule has 0 spiro atoms. The van der Waals surface area contributed by atoms with Gasteiger partial charge >= 0.3 is 0 Å². The molecule has 2 N–H and O–H groups in total. The van der Waals surface area contributed by atoms with Crippen LogP contribution < -0.4 is 15.4 Å². The first-order valence-corrected chi connectivity index (χ1v) is 6.57. The maximum absolute atomic E-state index is 11.6. The van der Waals surface area contributed by atoms with Crippen molar-refractivity contribution in [3.63, 3.8) is 0 Å². The number of hydrogen-bond acceptors (Lipinski definition) is 3. The number of amides is 1. The summed E-state index contributed by atoms with van der Waals surface area (Å²) in [6.07, 6.45) is 1.99. The predicted molar refractivity (Wildman–Crippen MR) is 68.7 cm³/mol. The van der Waals surface area contributed by atoms with Gasteiger partial charge in [-0.3, -0.25) is 4.79 Å². The minimum absolute atomic E-state index is 0.0356. The molecule has 4 nitrogen and oxygen atoms in total. The molecule has 0 radical (unpaired) electrons. The van der Waals surface area contributed by atoms with Crippen LogP contribution in [-0.2, 0) is 4.79 Å². The fraction of sp³-hybridized carbons (Fsp3) is 0.500. The maximum Gasteiger partial charge on any atom is 0.237 e. The van der Waals surface area contributed by atoms with Crippen LogP contribution >= 0.6 is 0 Å². The molecule has 0 aromatic heterocycles. The number of ether oxygens (including phenoxy) is 1. The number of fused-ring (bicyclic) bond motifs is 1. The molecule has 2 atom stereocenters. The first-order valence-electron chi connectivity index (χ1n) is 6.57. The number of rotatable bonds is 3. The number of hydrogen-bond donors (Lipinski definition) is 2. The summed E-state index contributed by atoms with van der Waals surface area (Å²) < 4.78 is 5.64. The van der Waals surface area contributed by atoms with E-state index >= 15 is 0 Å². The number of carbonyl (C=O) groups excluding carboxylic acids is 1. The third-order valence-corrected chi connectivity index (χ3v) is 3.69. The highest BCUT2D eigenvalue weighted by molar-refractivity contribution is 5.82. The van der Waals surface area contributed by atoms with Crippen LogP contribution in [0.4, 0.5) is 0 Å². The zero-order valence-electron chi connectivity index (χ0n) is 10.3. The lowest BCUT2D eigenvalue weighted by molar-refractivity contribution is -0.124. The summed E-state index contributed by atoms with van der Waals surface area (Å²) in [5.74, 6) is 1.47. The maximum atomic E-state index is 11.6. The fourth-order valence-electron chi connectivity index (χ4n) is 2.65. The second-order valence-corrected chi connectivity index (χ2v) is 4.94. The Labute approximate surface area is 107 Å². The Morgan fingerprint density at radius 2 is 2.28 bits per heavy atom. The largest absolute Gasteiger partial charge is 0.493 e. The van der Waals surface area contributed by atoms with Crippen LogP contribution in [0.3, 0.4) is 0 Å². The van der Waals surface area contributed by atoms with Crippen molar-refractivity contribution in [2.24, 2.45) is 0 Å². The third-order valence-electron chi connectivity index (χ3n) is 3.69. The van der Waals surface area contributed by atoms with Crippen molar-refractivity contribution in [1.29, 1.82) is 0 Å². The molecule has 2 aliphatic heterocycles. The minimum atomic E-state index is -0.0356. The van der Waals surface area contributed by atoms with E-state index in [1.165, 1.54) is 5.56 Å². The Bertz CT molecular complexity index is 447. The molecule has 1 amide bonds. The molecule has 1 aromatic rings. The standard InChI is InChI=1S/C14H18N2O2/c17-14-12(5-3-7-15-14)16-8-10-9-18-13-6-2-1-4-11(10)13/h1-2,4,6,10,12,16H,3,5,7-9H2,(H,15,17). The molecule has 2 unspecified atom stereocenters. The molecule has 2 aliphatic rings. The van der Waals surface area contributed by atoms with Gasteiger partial charge in [-0.15, -0.1) is 0 Å². The highest BCUT2D eigenvalue weighted by Gasteiger charge is 2.26. The molecule has 1 saturated heterocycles. The summed E-state index contributed by atoms with van der Waals surface area (Å²) in [7, 11) is 0. The van der Waals surface area contributed by atoms with Gasteiger partial charge in [0.15, 0.2) is 0 Å². The summed E-state index contributed by atoms with van der Waals surface area (Å²) >= 11 is 0. The zero-order valence-corrected chi connectivity index (χ0v) is 10.3. The average molecular weight is 246 g/mol. The van der Waals surface area contributed by atoms with Gasteiger partial charge in [0, 0.05) is 24.6 Å². The molecule has 18 heavy (non-hydrogen) atoms. The van der Waals surface area contributed by atoms with Crippen molar-refractivity contribution in [1.82, 2.24) is 10.6 Å². The molecule has 4 heteroatoms. The molecule has 0 bridgehead atoms. The van der Waals surface area contributed by atoms with Crippen molar-refractivity contribution >= 4 is 5.91 Å². The second-order valence-electron chi connectivity index (χ2n) is 4.94. The Balaban J connectivity index is 1.60. The van der Waals surface area contributed by atoms with Crippen LogP contribution in [0.25, 0.3) is 0 Å². The Kier molecular flexibility index (Phi) is 3.19. The van der Waals surface area contributed by atoms with E-state index < -0.39 is 0 Å².